The highest BCUT2D eigenvalue weighted by Gasteiger charge is 2.15. The molecule has 0 bridgehead atoms. The van der Waals surface area contributed by atoms with Crippen LogP contribution < -0.4 is 5.32 Å². The van der Waals surface area contributed by atoms with Crippen LogP contribution in [0.1, 0.15) is 5.56 Å². The van der Waals surface area contributed by atoms with E-state index in [0.717, 1.165) is 11.1 Å². The summed E-state index contributed by atoms with van der Waals surface area (Å²) in [5.41, 5.74) is 2.73. The first-order valence-corrected chi connectivity index (χ1v) is 7.87. The minimum absolute atomic E-state index is 0.384. The van der Waals surface area contributed by atoms with Gasteiger partial charge in [0.25, 0.3) is 5.89 Å². The first-order valence-electron chi connectivity index (χ1n) is 7.87. The van der Waals surface area contributed by atoms with Crippen LogP contribution in [0.5, 0.6) is 0 Å². The van der Waals surface area contributed by atoms with Crippen molar-refractivity contribution in [3.05, 3.63) is 78.8 Å². The summed E-state index contributed by atoms with van der Waals surface area (Å²) < 4.78 is 5.42. The fourth-order valence-electron chi connectivity index (χ4n) is 2.45. The molecule has 6 nitrogen and oxygen atoms in total. The number of anilines is 1. The van der Waals surface area contributed by atoms with E-state index in [9.17, 15) is 0 Å². The Morgan fingerprint density at radius 2 is 1.68 bits per heavy atom. The zero-order valence-corrected chi connectivity index (χ0v) is 13.3. The van der Waals surface area contributed by atoms with Crippen molar-refractivity contribution < 1.29 is 4.52 Å². The molecule has 25 heavy (non-hydrogen) atoms. The van der Waals surface area contributed by atoms with E-state index in [4.69, 9.17) is 4.52 Å². The smallest absolute Gasteiger partial charge is 0.263 e. The molecule has 0 aliphatic heterocycles. The molecule has 0 radical (unpaired) electrons. The van der Waals surface area contributed by atoms with Crippen molar-refractivity contribution in [2.24, 2.45) is 0 Å². The van der Waals surface area contributed by atoms with Crippen molar-refractivity contribution >= 4 is 5.82 Å². The Morgan fingerprint density at radius 3 is 2.48 bits per heavy atom. The van der Waals surface area contributed by atoms with Crippen LogP contribution >= 0.6 is 0 Å². The van der Waals surface area contributed by atoms with Crippen LogP contribution in [-0.4, -0.2) is 20.1 Å². The van der Waals surface area contributed by atoms with Gasteiger partial charge in [0.2, 0.25) is 5.82 Å². The molecule has 0 saturated carbocycles. The second kappa shape index (κ2) is 6.92. The van der Waals surface area contributed by atoms with E-state index in [1.807, 2.05) is 60.7 Å². The Kier molecular flexibility index (Phi) is 4.16. The Bertz CT molecular complexity index is 954. The van der Waals surface area contributed by atoms with E-state index in [2.05, 4.69) is 25.4 Å². The Morgan fingerprint density at radius 1 is 0.920 bits per heavy atom. The number of rotatable bonds is 5. The molecule has 2 aromatic carbocycles. The van der Waals surface area contributed by atoms with Crippen LogP contribution in [0.15, 0.2) is 77.7 Å². The van der Waals surface area contributed by atoms with E-state index in [-0.39, 0.29) is 0 Å². The third-order valence-electron chi connectivity index (χ3n) is 3.70. The van der Waals surface area contributed by atoms with Crippen LogP contribution in [0.3, 0.4) is 0 Å². The lowest BCUT2D eigenvalue weighted by Gasteiger charge is -2.07. The number of nitrogens with one attached hydrogen (secondary N) is 1. The van der Waals surface area contributed by atoms with Crippen molar-refractivity contribution in [1.82, 2.24) is 20.1 Å². The first-order chi connectivity index (χ1) is 12.4. The maximum Gasteiger partial charge on any atom is 0.263 e. The summed E-state index contributed by atoms with van der Waals surface area (Å²) in [5.74, 6) is 1.57. The van der Waals surface area contributed by atoms with E-state index in [1.165, 1.54) is 6.33 Å². The lowest BCUT2D eigenvalue weighted by atomic mass is 10.2. The maximum atomic E-state index is 5.42. The van der Waals surface area contributed by atoms with Gasteiger partial charge in [0.05, 0.1) is 0 Å². The predicted molar refractivity (Wildman–Crippen MR) is 94.5 cm³/mol. The normalized spacial score (nSPS) is 10.6. The number of aromatic nitrogens is 4. The maximum absolute atomic E-state index is 5.42. The molecule has 0 spiro atoms. The van der Waals surface area contributed by atoms with Gasteiger partial charge >= 0.3 is 0 Å². The molecular weight excluding hydrogens is 314 g/mol. The van der Waals surface area contributed by atoms with Crippen LogP contribution in [0, 0.1) is 0 Å². The van der Waals surface area contributed by atoms with Crippen LogP contribution in [-0.2, 0) is 6.54 Å². The van der Waals surface area contributed by atoms with Gasteiger partial charge in [-0.25, -0.2) is 9.97 Å². The minimum Gasteiger partial charge on any atom is -0.365 e. The van der Waals surface area contributed by atoms with Crippen LogP contribution in [0.25, 0.3) is 22.8 Å². The molecule has 0 amide bonds. The lowest BCUT2D eigenvalue weighted by molar-refractivity contribution is 0.432. The third kappa shape index (κ3) is 3.37. The zero-order valence-electron chi connectivity index (χ0n) is 13.3. The number of benzene rings is 2. The van der Waals surface area contributed by atoms with Gasteiger partial charge in [0, 0.05) is 18.3 Å². The van der Waals surface area contributed by atoms with Gasteiger partial charge in [0.15, 0.2) is 0 Å². The standard InChI is InChI=1S/C19H15N5O/c1-3-7-14(8-4-1)11-21-18-16(12-20-13-22-18)19-23-17(24-25-19)15-9-5-2-6-10-15/h1-10,12-13H,11H2,(H,20,21,22). The van der Waals surface area contributed by atoms with E-state index >= 15 is 0 Å². The first kappa shape index (κ1) is 15.0. The molecule has 0 aliphatic carbocycles. The minimum atomic E-state index is 0.384. The molecule has 0 unspecified atom stereocenters. The monoisotopic (exact) mass is 329 g/mol. The van der Waals surface area contributed by atoms with E-state index < -0.39 is 0 Å². The predicted octanol–water partition coefficient (Wildman–Crippen LogP) is 3.81. The second-order valence-electron chi connectivity index (χ2n) is 5.41. The van der Waals surface area contributed by atoms with Gasteiger partial charge in [-0.2, -0.15) is 4.98 Å². The lowest BCUT2D eigenvalue weighted by Crippen LogP contribution is -2.03. The van der Waals surface area contributed by atoms with Gasteiger partial charge in [-0.1, -0.05) is 65.8 Å². The number of hydrogen-bond donors (Lipinski definition) is 1. The quantitative estimate of drug-likeness (QED) is 0.600. The molecular formula is C19H15N5O. The molecule has 4 aromatic rings. The molecule has 122 valence electrons. The van der Waals surface area contributed by atoms with Gasteiger partial charge in [-0.15, -0.1) is 0 Å². The summed E-state index contributed by atoms with van der Waals surface area (Å²) in [6, 6.07) is 19.8. The van der Waals surface area contributed by atoms with Crippen molar-refractivity contribution in [2.75, 3.05) is 5.32 Å². The van der Waals surface area contributed by atoms with Crippen molar-refractivity contribution in [3.63, 3.8) is 0 Å². The average Bonchev–Trinajstić information content (AvgIpc) is 3.18. The Balaban J connectivity index is 1.60. The average molecular weight is 329 g/mol. The molecule has 0 aliphatic rings. The topological polar surface area (TPSA) is 76.7 Å². The third-order valence-corrected chi connectivity index (χ3v) is 3.70. The highest BCUT2D eigenvalue weighted by atomic mass is 16.5. The number of nitrogens with zero attached hydrogens (tertiary/aromatic N) is 4. The summed E-state index contributed by atoms with van der Waals surface area (Å²) >= 11 is 0. The van der Waals surface area contributed by atoms with Gasteiger partial charge in [0.1, 0.15) is 17.7 Å². The molecule has 0 atom stereocenters. The summed E-state index contributed by atoms with van der Waals surface area (Å²) in [6.45, 7) is 0.643. The van der Waals surface area contributed by atoms with Crippen molar-refractivity contribution in [3.8, 4) is 22.8 Å². The highest BCUT2D eigenvalue weighted by molar-refractivity contribution is 5.69. The molecule has 0 fully saturated rings. The zero-order chi connectivity index (χ0) is 16.9. The van der Waals surface area contributed by atoms with E-state index in [0.29, 0.717) is 29.6 Å². The van der Waals surface area contributed by atoms with Gasteiger partial charge in [-0.3, -0.25) is 0 Å². The second-order valence-corrected chi connectivity index (χ2v) is 5.41. The summed E-state index contributed by atoms with van der Waals surface area (Å²) in [5, 5.41) is 7.35. The molecule has 0 saturated heterocycles. The molecule has 4 rings (SSSR count). The summed E-state index contributed by atoms with van der Waals surface area (Å²) in [7, 11) is 0. The molecule has 2 aromatic heterocycles. The SMILES string of the molecule is c1ccc(CNc2ncncc2-c2nc(-c3ccccc3)no2)cc1. The number of hydrogen-bond acceptors (Lipinski definition) is 6. The van der Waals surface area contributed by atoms with Crippen LogP contribution in [0.2, 0.25) is 0 Å². The van der Waals surface area contributed by atoms with Gasteiger partial charge in [-0.05, 0) is 5.56 Å². The fourth-order valence-corrected chi connectivity index (χ4v) is 2.45. The Labute approximate surface area is 144 Å². The fraction of sp³-hybridized carbons (Fsp3) is 0.0526. The summed E-state index contributed by atoms with van der Waals surface area (Å²) in [6.07, 6.45) is 3.16. The molecule has 1 N–H and O–H groups in total. The van der Waals surface area contributed by atoms with E-state index in [1.54, 1.807) is 6.20 Å². The van der Waals surface area contributed by atoms with Crippen molar-refractivity contribution in [1.29, 1.82) is 0 Å². The van der Waals surface area contributed by atoms with Crippen LogP contribution in [0.4, 0.5) is 5.82 Å². The Hall–Kier alpha value is -3.54. The highest BCUT2D eigenvalue weighted by Crippen LogP contribution is 2.26. The van der Waals surface area contributed by atoms with Crippen molar-refractivity contribution in [2.45, 2.75) is 6.54 Å². The molecule has 6 heteroatoms. The van der Waals surface area contributed by atoms with Gasteiger partial charge < -0.3 is 9.84 Å². The molecule has 2 heterocycles. The largest absolute Gasteiger partial charge is 0.365 e. The summed E-state index contributed by atoms with van der Waals surface area (Å²) in [4.78, 5) is 12.9.